The lowest BCUT2D eigenvalue weighted by atomic mass is 10.2. The van der Waals surface area contributed by atoms with E-state index in [1.54, 1.807) is 12.1 Å². The van der Waals surface area contributed by atoms with Crippen LogP contribution < -0.4 is 10.1 Å². The topological polar surface area (TPSA) is 79.0 Å². The van der Waals surface area contributed by atoms with E-state index < -0.39 is 10.0 Å². The summed E-state index contributed by atoms with van der Waals surface area (Å²) < 4.78 is 32.6. The van der Waals surface area contributed by atoms with E-state index in [0.717, 1.165) is 25.2 Å². The zero-order valence-corrected chi connectivity index (χ0v) is 17.6. The van der Waals surface area contributed by atoms with Crippen molar-refractivity contribution in [3.05, 3.63) is 54.1 Å². The zero-order valence-electron chi connectivity index (χ0n) is 16.8. The second kappa shape index (κ2) is 9.39. The molecule has 0 bridgehead atoms. The van der Waals surface area contributed by atoms with E-state index in [4.69, 9.17) is 4.74 Å². The summed E-state index contributed by atoms with van der Waals surface area (Å²) in [4.78, 5) is 14.5. The van der Waals surface area contributed by atoms with Gasteiger partial charge in [-0.05, 0) is 49.9 Å². The lowest BCUT2D eigenvalue weighted by Crippen LogP contribution is -2.48. The van der Waals surface area contributed by atoms with Crippen LogP contribution in [0.5, 0.6) is 5.75 Å². The van der Waals surface area contributed by atoms with Gasteiger partial charge in [0.15, 0.2) is 6.61 Å². The summed E-state index contributed by atoms with van der Waals surface area (Å²) in [5.41, 5.74) is 1.64. The van der Waals surface area contributed by atoms with Gasteiger partial charge >= 0.3 is 0 Å². The number of hydrogen-bond acceptors (Lipinski definition) is 5. The number of carbonyl (C=O) groups excluding carboxylic acids is 1. The monoisotopic (exact) mass is 417 g/mol. The van der Waals surface area contributed by atoms with Gasteiger partial charge in [-0.3, -0.25) is 4.79 Å². The van der Waals surface area contributed by atoms with Crippen LogP contribution in [0.1, 0.15) is 12.5 Å². The molecule has 0 spiro atoms. The van der Waals surface area contributed by atoms with Crippen LogP contribution in [-0.4, -0.2) is 62.9 Å². The fraction of sp³-hybridized carbons (Fsp3) is 0.381. The minimum absolute atomic E-state index is 0.120. The number of ether oxygens (including phenoxy) is 1. The van der Waals surface area contributed by atoms with Crippen LogP contribution in [0.25, 0.3) is 0 Å². The molecule has 8 heteroatoms. The van der Waals surface area contributed by atoms with Gasteiger partial charge in [0.1, 0.15) is 5.75 Å². The molecule has 0 aromatic heterocycles. The number of amides is 1. The Morgan fingerprint density at radius 3 is 2.21 bits per heavy atom. The maximum absolute atomic E-state index is 12.8. The molecule has 1 aliphatic heterocycles. The second-order valence-corrected chi connectivity index (χ2v) is 8.95. The number of likely N-dealkylation sites (N-methyl/N-ethyl adjacent to an activating group) is 1. The summed E-state index contributed by atoms with van der Waals surface area (Å²) in [6.45, 7) is 7.32. The number of anilines is 1. The van der Waals surface area contributed by atoms with Crippen molar-refractivity contribution in [3.8, 4) is 5.75 Å². The number of hydrogen-bond donors (Lipinski definition) is 1. The van der Waals surface area contributed by atoms with Crippen molar-refractivity contribution in [1.82, 2.24) is 9.21 Å². The Bertz CT molecular complexity index is 919. The van der Waals surface area contributed by atoms with Gasteiger partial charge in [-0.15, -0.1) is 0 Å². The standard InChI is InChI=1S/C21H27N3O4S/c1-3-23-12-14-24(15-13-23)29(26,27)20-10-6-18(7-11-20)22-21(25)16-28-19-8-4-17(2)5-9-19/h4-11H,3,12-16H2,1-2H3,(H,22,25). The molecular formula is C21H27N3O4S. The highest BCUT2D eigenvalue weighted by atomic mass is 32.2. The molecule has 7 nitrogen and oxygen atoms in total. The number of aryl methyl sites for hydroxylation is 1. The quantitative estimate of drug-likeness (QED) is 0.748. The molecule has 2 aromatic carbocycles. The summed E-state index contributed by atoms with van der Waals surface area (Å²) in [5, 5.41) is 2.72. The Kier molecular flexibility index (Phi) is 6.89. The molecule has 2 aromatic rings. The number of benzene rings is 2. The molecule has 1 fully saturated rings. The first kappa shape index (κ1) is 21.3. The van der Waals surface area contributed by atoms with Gasteiger partial charge in [-0.25, -0.2) is 8.42 Å². The van der Waals surface area contributed by atoms with Crippen molar-refractivity contribution in [1.29, 1.82) is 0 Å². The number of rotatable bonds is 7. The van der Waals surface area contributed by atoms with Gasteiger partial charge in [0.05, 0.1) is 4.90 Å². The number of piperazine rings is 1. The minimum Gasteiger partial charge on any atom is -0.484 e. The third-order valence-corrected chi connectivity index (χ3v) is 6.86. The summed E-state index contributed by atoms with van der Waals surface area (Å²) in [7, 11) is -3.52. The summed E-state index contributed by atoms with van der Waals surface area (Å²) in [6, 6.07) is 13.7. The molecule has 29 heavy (non-hydrogen) atoms. The number of sulfonamides is 1. The molecule has 1 saturated heterocycles. The molecule has 3 rings (SSSR count). The predicted octanol–water partition coefficient (Wildman–Crippen LogP) is 2.34. The lowest BCUT2D eigenvalue weighted by Gasteiger charge is -2.33. The number of nitrogens with one attached hydrogen (secondary N) is 1. The summed E-state index contributed by atoms with van der Waals surface area (Å²) in [5.74, 6) is 0.312. The molecular weight excluding hydrogens is 390 g/mol. The van der Waals surface area contributed by atoms with Crippen LogP contribution in [0.15, 0.2) is 53.4 Å². The number of carbonyl (C=O) groups is 1. The van der Waals surface area contributed by atoms with E-state index in [0.29, 0.717) is 24.5 Å². The van der Waals surface area contributed by atoms with Crippen LogP contribution in [0.4, 0.5) is 5.69 Å². The smallest absolute Gasteiger partial charge is 0.262 e. The Balaban J connectivity index is 1.55. The maximum Gasteiger partial charge on any atom is 0.262 e. The van der Waals surface area contributed by atoms with Crippen LogP contribution in [0, 0.1) is 6.92 Å². The van der Waals surface area contributed by atoms with E-state index in [1.165, 1.54) is 16.4 Å². The van der Waals surface area contributed by atoms with Crippen LogP contribution in [0.2, 0.25) is 0 Å². The highest BCUT2D eigenvalue weighted by Crippen LogP contribution is 2.20. The van der Waals surface area contributed by atoms with E-state index in [1.807, 2.05) is 31.2 Å². The Morgan fingerprint density at radius 1 is 1.00 bits per heavy atom. The van der Waals surface area contributed by atoms with Crippen molar-refractivity contribution in [2.75, 3.05) is 44.6 Å². The van der Waals surface area contributed by atoms with Gasteiger partial charge < -0.3 is 15.0 Å². The molecule has 1 N–H and O–H groups in total. The van der Waals surface area contributed by atoms with Crippen LogP contribution in [-0.2, 0) is 14.8 Å². The van der Waals surface area contributed by atoms with Gasteiger partial charge in [-0.2, -0.15) is 4.31 Å². The summed E-state index contributed by atoms with van der Waals surface area (Å²) >= 11 is 0. The van der Waals surface area contributed by atoms with Crippen molar-refractivity contribution in [2.45, 2.75) is 18.7 Å². The van der Waals surface area contributed by atoms with E-state index in [9.17, 15) is 13.2 Å². The Morgan fingerprint density at radius 2 is 1.62 bits per heavy atom. The normalized spacial score (nSPS) is 15.8. The fourth-order valence-electron chi connectivity index (χ4n) is 3.13. The molecule has 0 aliphatic carbocycles. The minimum atomic E-state index is -3.52. The molecule has 1 amide bonds. The average Bonchev–Trinajstić information content (AvgIpc) is 2.74. The Hall–Kier alpha value is -2.42. The van der Waals surface area contributed by atoms with Gasteiger partial charge in [-0.1, -0.05) is 24.6 Å². The highest BCUT2D eigenvalue weighted by Gasteiger charge is 2.27. The molecule has 0 atom stereocenters. The van der Waals surface area contributed by atoms with E-state index in [2.05, 4.69) is 17.1 Å². The zero-order chi connectivity index (χ0) is 20.9. The predicted molar refractivity (Wildman–Crippen MR) is 113 cm³/mol. The molecule has 0 unspecified atom stereocenters. The van der Waals surface area contributed by atoms with Gasteiger partial charge in [0.25, 0.3) is 5.91 Å². The molecule has 1 aliphatic rings. The fourth-order valence-corrected chi connectivity index (χ4v) is 4.55. The van der Waals surface area contributed by atoms with Gasteiger partial charge in [0, 0.05) is 31.9 Å². The third-order valence-electron chi connectivity index (χ3n) is 4.95. The van der Waals surface area contributed by atoms with Crippen molar-refractivity contribution >= 4 is 21.6 Å². The average molecular weight is 418 g/mol. The molecule has 156 valence electrons. The molecule has 0 radical (unpaired) electrons. The van der Waals surface area contributed by atoms with E-state index >= 15 is 0 Å². The van der Waals surface area contributed by atoms with Crippen molar-refractivity contribution in [2.24, 2.45) is 0 Å². The largest absolute Gasteiger partial charge is 0.484 e. The molecule has 1 heterocycles. The highest BCUT2D eigenvalue weighted by molar-refractivity contribution is 7.89. The van der Waals surface area contributed by atoms with E-state index in [-0.39, 0.29) is 17.4 Å². The maximum atomic E-state index is 12.8. The molecule has 0 saturated carbocycles. The SMILES string of the molecule is CCN1CCN(S(=O)(=O)c2ccc(NC(=O)COc3ccc(C)cc3)cc2)CC1. The summed E-state index contributed by atoms with van der Waals surface area (Å²) in [6.07, 6.45) is 0. The second-order valence-electron chi connectivity index (χ2n) is 7.01. The lowest BCUT2D eigenvalue weighted by molar-refractivity contribution is -0.118. The van der Waals surface area contributed by atoms with Crippen molar-refractivity contribution < 1.29 is 17.9 Å². The number of nitrogens with zero attached hydrogens (tertiary/aromatic N) is 2. The first-order valence-corrected chi connectivity index (χ1v) is 11.1. The Labute approximate surface area is 172 Å². The van der Waals surface area contributed by atoms with Crippen LogP contribution in [0.3, 0.4) is 0 Å². The van der Waals surface area contributed by atoms with Crippen molar-refractivity contribution in [3.63, 3.8) is 0 Å². The first-order chi connectivity index (χ1) is 13.9. The van der Waals surface area contributed by atoms with Gasteiger partial charge in [0.2, 0.25) is 10.0 Å². The third kappa shape index (κ3) is 5.56. The van der Waals surface area contributed by atoms with Crippen LogP contribution >= 0.6 is 0 Å². The first-order valence-electron chi connectivity index (χ1n) is 9.70.